The van der Waals surface area contributed by atoms with E-state index in [1.807, 2.05) is 30.3 Å². The number of fused-ring (bicyclic) bond motifs is 1. The minimum Gasteiger partial charge on any atom is -0.323 e. The van der Waals surface area contributed by atoms with Gasteiger partial charge in [-0.05, 0) is 24.6 Å². The number of carbonyl (C=O) groups is 1. The Kier molecular flexibility index (Phi) is 4.47. The van der Waals surface area contributed by atoms with Crippen molar-refractivity contribution in [3.05, 3.63) is 36.5 Å². The third-order valence-electron chi connectivity index (χ3n) is 2.74. The van der Waals surface area contributed by atoms with Gasteiger partial charge in [0.15, 0.2) is 0 Å². The first-order chi connectivity index (χ1) is 9.16. The van der Waals surface area contributed by atoms with Crippen molar-refractivity contribution < 1.29 is 4.79 Å². The van der Waals surface area contributed by atoms with E-state index >= 15 is 0 Å². The molecule has 4 heteroatoms. The summed E-state index contributed by atoms with van der Waals surface area (Å²) >= 11 is 0. The minimum atomic E-state index is -0.0428. The molecule has 0 saturated heterocycles. The van der Waals surface area contributed by atoms with E-state index in [1.165, 1.54) is 0 Å². The molecule has 2 rings (SSSR count). The van der Waals surface area contributed by atoms with Gasteiger partial charge in [0.2, 0.25) is 5.91 Å². The smallest absolute Gasteiger partial charge is 0.238 e. The van der Waals surface area contributed by atoms with E-state index in [1.54, 1.807) is 6.20 Å². The van der Waals surface area contributed by atoms with Gasteiger partial charge in [0, 0.05) is 11.6 Å². The third kappa shape index (κ3) is 3.76. The highest BCUT2D eigenvalue weighted by molar-refractivity contribution is 6.00. The second-order valence-electron chi connectivity index (χ2n) is 4.95. The van der Waals surface area contributed by atoms with Gasteiger partial charge < -0.3 is 10.6 Å². The fraction of sp³-hybridized carbons (Fsp3) is 0.333. The van der Waals surface area contributed by atoms with Gasteiger partial charge in [0.25, 0.3) is 0 Å². The molecule has 1 amide bonds. The summed E-state index contributed by atoms with van der Waals surface area (Å²) in [5, 5.41) is 7.04. The molecule has 0 aliphatic heterocycles. The minimum absolute atomic E-state index is 0.0428. The summed E-state index contributed by atoms with van der Waals surface area (Å²) in [6, 6.07) is 9.64. The summed E-state index contributed by atoms with van der Waals surface area (Å²) in [5.41, 5.74) is 1.58. The fourth-order valence-electron chi connectivity index (χ4n) is 1.87. The van der Waals surface area contributed by atoms with Gasteiger partial charge in [0.1, 0.15) is 0 Å². The van der Waals surface area contributed by atoms with Crippen LogP contribution in [0.3, 0.4) is 0 Å². The van der Waals surface area contributed by atoms with E-state index in [-0.39, 0.29) is 5.91 Å². The van der Waals surface area contributed by atoms with Crippen molar-refractivity contribution in [3.63, 3.8) is 0 Å². The highest BCUT2D eigenvalue weighted by atomic mass is 16.1. The van der Waals surface area contributed by atoms with Crippen molar-refractivity contribution in [2.24, 2.45) is 5.92 Å². The van der Waals surface area contributed by atoms with Crippen LogP contribution in [0.2, 0.25) is 0 Å². The second kappa shape index (κ2) is 6.29. The summed E-state index contributed by atoms with van der Waals surface area (Å²) in [6.07, 6.45) is 1.73. The molecule has 0 bridgehead atoms. The van der Waals surface area contributed by atoms with Crippen molar-refractivity contribution >= 4 is 22.5 Å². The van der Waals surface area contributed by atoms with Gasteiger partial charge in [-0.2, -0.15) is 0 Å². The number of amides is 1. The normalized spacial score (nSPS) is 10.9. The molecule has 1 aromatic heterocycles. The van der Waals surface area contributed by atoms with Crippen molar-refractivity contribution in [2.75, 3.05) is 18.4 Å². The maximum Gasteiger partial charge on any atom is 0.238 e. The lowest BCUT2D eigenvalue weighted by molar-refractivity contribution is -0.115. The molecule has 0 fully saturated rings. The molecule has 0 saturated carbocycles. The van der Waals surface area contributed by atoms with Crippen LogP contribution in [-0.2, 0) is 4.79 Å². The first kappa shape index (κ1) is 13.5. The van der Waals surface area contributed by atoms with Crippen molar-refractivity contribution in [2.45, 2.75) is 13.8 Å². The summed E-state index contributed by atoms with van der Waals surface area (Å²) < 4.78 is 0. The zero-order valence-electron chi connectivity index (χ0n) is 11.3. The summed E-state index contributed by atoms with van der Waals surface area (Å²) in [5.74, 6) is 0.492. The Morgan fingerprint density at radius 3 is 2.84 bits per heavy atom. The molecule has 4 nitrogen and oxygen atoms in total. The number of rotatable bonds is 5. The second-order valence-corrected chi connectivity index (χ2v) is 4.95. The van der Waals surface area contributed by atoms with Crippen LogP contribution in [0.25, 0.3) is 10.9 Å². The number of para-hydroxylation sites is 1. The Morgan fingerprint density at radius 2 is 2.05 bits per heavy atom. The predicted octanol–water partition coefficient (Wildman–Crippen LogP) is 2.42. The molecule has 2 N–H and O–H groups in total. The monoisotopic (exact) mass is 257 g/mol. The van der Waals surface area contributed by atoms with E-state index in [2.05, 4.69) is 29.5 Å². The fourth-order valence-corrected chi connectivity index (χ4v) is 1.87. The van der Waals surface area contributed by atoms with Gasteiger partial charge in [-0.15, -0.1) is 0 Å². The summed E-state index contributed by atoms with van der Waals surface area (Å²) in [7, 11) is 0. The molecule has 1 heterocycles. The number of hydrogen-bond donors (Lipinski definition) is 2. The Morgan fingerprint density at radius 1 is 1.26 bits per heavy atom. The number of carbonyl (C=O) groups excluding carboxylic acids is 1. The number of hydrogen-bond acceptors (Lipinski definition) is 3. The molecule has 0 aliphatic carbocycles. The average molecular weight is 257 g/mol. The highest BCUT2D eigenvalue weighted by Crippen LogP contribution is 2.20. The molecule has 100 valence electrons. The molecule has 0 spiro atoms. The van der Waals surface area contributed by atoms with Crippen LogP contribution < -0.4 is 10.6 Å². The predicted molar refractivity (Wildman–Crippen MR) is 78.1 cm³/mol. The summed E-state index contributed by atoms with van der Waals surface area (Å²) in [6.45, 7) is 5.38. The van der Waals surface area contributed by atoms with Crippen LogP contribution >= 0.6 is 0 Å². The number of aromatic nitrogens is 1. The Bertz CT molecular complexity index is 561. The Balaban J connectivity index is 2.03. The molecule has 0 aliphatic rings. The number of benzene rings is 1. The number of nitrogens with one attached hydrogen (secondary N) is 2. The molecule has 0 atom stereocenters. The van der Waals surface area contributed by atoms with Crippen LogP contribution in [0, 0.1) is 5.92 Å². The van der Waals surface area contributed by atoms with E-state index in [0.717, 1.165) is 23.1 Å². The zero-order valence-corrected chi connectivity index (χ0v) is 11.3. The first-order valence-electron chi connectivity index (χ1n) is 6.51. The van der Waals surface area contributed by atoms with E-state index in [0.29, 0.717) is 12.5 Å². The lowest BCUT2D eigenvalue weighted by atomic mass is 10.2. The van der Waals surface area contributed by atoms with Crippen molar-refractivity contribution in [1.29, 1.82) is 0 Å². The standard InChI is InChI=1S/C15H19N3O/c1-11(2)9-16-10-14(19)18-13-7-3-5-12-6-4-8-17-15(12)13/h3-8,11,16H,9-10H2,1-2H3,(H,18,19). The molecule has 0 unspecified atom stereocenters. The molecule has 19 heavy (non-hydrogen) atoms. The largest absolute Gasteiger partial charge is 0.323 e. The lowest BCUT2D eigenvalue weighted by Crippen LogP contribution is -2.30. The number of anilines is 1. The molecular formula is C15H19N3O. The van der Waals surface area contributed by atoms with Crippen LogP contribution in [-0.4, -0.2) is 24.0 Å². The molecule has 0 radical (unpaired) electrons. The number of pyridine rings is 1. The van der Waals surface area contributed by atoms with E-state index < -0.39 is 0 Å². The molecular weight excluding hydrogens is 238 g/mol. The summed E-state index contributed by atoms with van der Waals surface area (Å²) in [4.78, 5) is 16.1. The van der Waals surface area contributed by atoms with Crippen molar-refractivity contribution in [1.82, 2.24) is 10.3 Å². The third-order valence-corrected chi connectivity index (χ3v) is 2.74. The lowest BCUT2D eigenvalue weighted by Gasteiger charge is -2.09. The maximum atomic E-state index is 11.8. The number of nitrogens with zero attached hydrogens (tertiary/aromatic N) is 1. The SMILES string of the molecule is CC(C)CNCC(=O)Nc1cccc2cccnc12. The van der Waals surface area contributed by atoms with Gasteiger partial charge >= 0.3 is 0 Å². The van der Waals surface area contributed by atoms with Gasteiger partial charge in [-0.3, -0.25) is 9.78 Å². The average Bonchev–Trinajstić information content (AvgIpc) is 2.39. The van der Waals surface area contributed by atoms with Gasteiger partial charge in [-0.25, -0.2) is 0 Å². The van der Waals surface area contributed by atoms with Crippen LogP contribution in [0.4, 0.5) is 5.69 Å². The topological polar surface area (TPSA) is 54.0 Å². The highest BCUT2D eigenvalue weighted by Gasteiger charge is 2.06. The maximum absolute atomic E-state index is 11.8. The molecule has 2 aromatic rings. The quantitative estimate of drug-likeness (QED) is 0.865. The first-order valence-corrected chi connectivity index (χ1v) is 6.51. The Hall–Kier alpha value is -1.94. The van der Waals surface area contributed by atoms with Gasteiger partial charge in [-0.1, -0.05) is 32.0 Å². The molecule has 1 aromatic carbocycles. The van der Waals surface area contributed by atoms with E-state index in [4.69, 9.17) is 0 Å². The van der Waals surface area contributed by atoms with Gasteiger partial charge in [0.05, 0.1) is 17.7 Å². The van der Waals surface area contributed by atoms with Crippen LogP contribution in [0.15, 0.2) is 36.5 Å². The van der Waals surface area contributed by atoms with Crippen LogP contribution in [0.5, 0.6) is 0 Å². The van der Waals surface area contributed by atoms with Crippen LogP contribution in [0.1, 0.15) is 13.8 Å². The Labute approximate surface area is 113 Å². The van der Waals surface area contributed by atoms with Crippen molar-refractivity contribution in [3.8, 4) is 0 Å². The van der Waals surface area contributed by atoms with E-state index in [9.17, 15) is 4.79 Å². The zero-order chi connectivity index (χ0) is 13.7.